The molecule has 8 heteroatoms. The van der Waals surface area contributed by atoms with E-state index in [0.717, 1.165) is 16.9 Å². The number of ether oxygens (including phenoxy) is 1. The number of hydrogen-bond donors (Lipinski definition) is 2. The third kappa shape index (κ3) is 4.94. The zero-order chi connectivity index (χ0) is 24.9. The van der Waals surface area contributed by atoms with Gasteiger partial charge in [0, 0.05) is 37.2 Å². The molecule has 0 radical (unpaired) electrons. The van der Waals surface area contributed by atoms with Crippen LogP contribution in [0.25, 0.3) is 5.69 Å². The normalized spacial score (nSPS) is 17.0. The Balaban J connectivity index is 1.39. The summed E-state index contributed by atoms with van der Waals surface area (Å²) in [6, 6.07) is 25.3. The van der Waals surface area contributed by atoms with E-state index in [1.54, 1.807) is 13.3 Å². The molecule has 1 saturated heterocycles. The minimum absolute atomic E-state index is 0.107. The maximum atomic E-state index is 12.9. The van der Waals surface area contributed by atoms with Crippen LogP contribution >= 0.6 is 12.2 Å². The van der Waals surface area contributed by atoms with Crippen molar-refractivity contribution in [3.05, 3.63) is 109 Å². The highest BCUT2D eigenvalue weighted by Crippen LogP contribution is 2.39. The number of hydrogen-bond acceptors (Lipinski definition) is 4. The highest BCUT2D eigenvalue weighted by Gasteiger charge is 2.40. The van der Waals surface area contributed by atoms with E-state index in [2.05, 4.69) is 49.5 Å². The van der Waals surface area contributed by atoms with Gasteiger partial charge in [0.1, 0.15) is 5.75 Å². The molecule has 36 heavy (non-hydrogen) atoms. The van der Waals surface area contributed by atoms with Crippen molar-refractivity contribution in [2.45, 2.75) is 18.5 Å². The lowest BCUT2D eigenvalue weighted by atomic mass is 9.99. The predicted molar refractivity (Wildman–Crippen MR) is 144 cm³/mol. The summed E-state index contributed by atoms with van der Waals surface area (Å²) >= 11 is 5.74. The Morgan fingerprint density at radius 3 is 2.61 bits per heavy atom. The molecule has 7 nitrogen and oxygen atoms in total. The molecule has 0 unspecified atom stereocenters. The number of amides is 1. The number of methoxy groups -OCH3 is 1. The van der Waals surface area contributed by atoms with E-state index in [1.807, 2.05) is 66.9 Å². The SMILES string of the molecule is COc1ccccc1NC(=O)CCN1C(=S)N[C@@H](c2ccccn2)[C@@H]1c1ccn(-c2ccccc2)c1. The van der Waals surface area contributed by atoms with E-state index in [4.69, 9.17) is 17.0 Å². The van der Waals surface area contributed by atoms with Gasteiger partial charge in [-0.1, -0.05) is 36.4 Å². The Hall–Kier alpha value is -4.17. The van der Waals surface area contributed by atoms with Crippen molar-refractivity contribution in [2.24, 2.45) is 0 Å². The van der Waals surface area contributed by atoms with Crippen LogP contribution in [-0.4, -0.2) is 39.1 Å². The van der Waals surface area contributed by atoms with Gasteiger partial charge in [-0.15, -0.1) is 0 Å². The first kappa shape index (κ1) is 23.6. The second-order valence-electron chi connectivity index (χ2n) is 8.51. The summed E-state index contributed by atoms with van der Waals surface area (Å²) in [6.45, 7) is 0.456. The lowest BCUT2D eigenvalue weighted by Gasteiger charge is -2.27. The molecule has 4 aromatic rings. The van der Waals surface area contributed by atoms with E-state index in [0.29, 0.717) is 23.1 Å². The molecule has 5 rings (SSSR count). The molecule has 1 aliphatic rings. The topological polar surface area (TPSA) is 71.4 Å². The van der Waals surface area contributed by atoms with Gasteiger partial charge in [-0.2, -0.15) is 0 Å². The van der Waals surface area contributed by atoms with Crippen LogP contribution < -0.4 is 15.4 Å². The van der Waals surface area contributed by atoms with Crippen molar-refractivity contribution < 1.29 is 9.53 Å². The largest absolute Gasteiger partial charge is 0.495 e. The maximum absolute atomic E-state index is 12.9. The molecule has 1 fully saturated rings. The molecule has 0 saturated carbocycles. The molecule has 2 atom stereocenters. The Kier molecular flexibility index (Phi) is 6.95. The number of thiocarbonyl (C=S) groups is 1. The highest BCUT2D eigenvalue weighted by atomic mass is 32.1. The van der Waals surface area contributed by atoms with Crippen LogP contribution in [0.3, 0.4) is 0 Å². The zero-order valence-corrected chi connectivity index (χ0v) is 20.7. The fourth-order valence-corrected chi connectivity index (χ4v) is 4.87. The van der Waals surface area contributed by atoms with Crippen LogP contribution in [0.15, 0.2) is 97.5 Å². The van der Waals surface area contributed by atoms with Gasteiger partial charge in [0.15, 0.2) is 5.11 Å². The van der Waals surface area contributed by atoms with Gasteiger partial charge in [-0.25, -0.2) is 0 Å². The van der Waals surface area contributed by atoms with Gasteiger partial charge < -0.3 is 24.8 Å². The van der Waals surface area contributed by atoms with Crippen LogP contribution in [0.2, 0.25) is 0 Å². The lowest BCUT2D eigenvalue weighted by molar-refractivity contribution is -0.116. The molecule has 0 aliphatic carbocycles. The Morgan fingerprint density at radius 1 is 1.06 bits per heavy atom. The van der Waals surface area contributed by atoms with E-state index >= 15 is 0 Å². The quantitative estimate of drug-likeness (QED) is 0.338. The lowest BCUT2D eigenvalue weighted by Crippen LogP contribution is -2.32. The second-order valence-corrected chi connectivity index (χ2v) is 8.89. The number of para-hydroxylation sites is 3. The Bertz CT molecular complexity index is 1340. The minimum atomic E-state index is -0.136. The summed E-state index contributed by atoms with van der Waals surface area (Å²) in [4.78, 5) is 19.5. The molecule has 1 aliphatic heterocycles. The molecule has 0 bridgehead atoms. The fourth-order valence-electron chi connectivity index (χ4n) is 4.54. The molecular weight excluding hydrogens is 470 g/mol. The van der Waals surface area contributed by atoms with Crippen LogP contribution in [-0.2, 0) is 4.79 Å². The molecule has 0 spiro atoms. The third-order valence-electron chi connectivity index (χ3n) is 6.27. The third-order valence-corrected chi connectivity index (χ3v) is 6.62. The van der Waals surface area contributed by atoms with E-state index in [9.17, 15) is 4.79 Å². The van der Waals surface area contributed by atoms with Crippen molar-refractivity contribution in [3.63, 3.8) is 0 Å². The number of carbonyl (C=O) groups is 1. The van der Waals surface area contributed by atoms with Crippen molar-refractivity contribution in [1.82, 2.24) is 19.8 Å². The summed E-state index contributed by atoms with van der Waals surface area (Å²) in [7, 11) is 1.59. The first-order valence-corrected chi connectivity index (χ1v) is 12.2. The number of aromatic nitrogens is 2. The van der Waals surface area contributed by atoms with Gasteiger partial charge in [-0.05, 0) is 60.2 Å². The molecule has 3 heterocycles. The molecule has 2 aromatic heterocycles. The summed E-state index contributed by atoms with van der Waals surface area (Å²) in [5.41, 5.74) is 3.72. The number of benzene rings is 2. The number of rotatable bonds is 8. The van der Waals surface area contributed by atoms with E-state index < -0.39 is 0 Å². The van der Waals surface area contributed by atoms with Crippen molar-refractivity contribution >= 4 is 28.9 Å². The minimum Gasteiger partial charge on any atom is -0.495 e. The second kappa shape index (κ2) is 10.6. The molecule has 1 amide bonds. The average Bonchev–Trinajstić information content (AvgIpc) is 3.53. The number of nitrogens with one attached hydrogen (secondary N) is 2. The first-order valence-electron chi connectivity index (χ1n) is 11.8. The summed E-state index contributed by atoms with van der Waals surface area (Å²) < 4.78 is 7.45. The van der Waals surface area contributed by atoms with E-state index in [-0.39, 0.29) is 24.4 Å². The number of nitrogens with zero attached hydrogens (tertiary/aromatic N) is 3. The highest BCUT2D eigenvalue weighted by molar-refractivity contribution is 7.80. The fraction of sp³-hybridized carbons (Fsp3) is 0.179. The van der Waals surface area contributed by atoms with Crippen LogP contribution in [0.5, 0.6) is 5.75 Å². The van der Waals surface area contributed by atoms with Crippen LogP contribution in [0.4, 0.5) is 5.69 Å². The Labute approximate surface area is 215 Å². The van der Waals surface area contributed by atoms with Crippen molar-refractivity contribution in [1.29, 1.82) is 0 Å². The van der Waals surface area contributed by atoms with Crippen molar-refractivity contribution in [3.8, 4) is 11.4 Å². The first-order chi connectivity index (χ1) is 17.6. The zero-order valence-electron chi connectivity index (χ0n) is 19.9. The van der Waals surface area contributed by atoms with Gasteiger partial charge in [0.05, 0.1) is 30.6 Å². The van der Waals surface area contributed by atoms with Gasteiger partial charge in [0.2, 0.25) is 5.91 Å². The average molecular weight is 498 g/mol. The maximum Gasteiger partial charge on any atom is 0.226 e. The number of anilines is 1. The van der Waals surface area contributed by atoms with Gasteiger partial charge >= 0.3 is 0 Å². The molecule has 2 N–H and O–H groups in total. The van der Waals surface area contributed by atoms with Gasteiger partial charge in [-0.3, -0.25) is 9.78 Å². The Morgan fingerprint density at radius 2 is 1.83 bits per heavy atom. The number of pyridine rings is 1. The summed E-state index contributed by atoms with van der Waals surface area (Å²) in [5, 5.41) is 7.00. The smallest absolute Gasteiger partial charge is 0.226 e. The predicted octanol–water partition coefficient (Wildman–Crippen LogP) is 4.88. The van der Waals surface area contributed by atoms with Crippen molar-refractivity contribution in [2.75, 3.05) is 19.0 Å². The van der Waals surface area contributed by atoms with E-state index in [1.165, 1.54) is 0 Å². The molecular formula is C28H27N5O2S. The van der Waals surface area contributed by atoms with Crippen LogP contribution in [0.1, 0.15) is 29.8 Å². The van der Waals surface area contributed by atoms with Gasteiger partial charge in [0.25, 0.3) is 0 Å². The summed E-state index contributed by atoms with van der Waals surface area (Å²) in [6.07, 6.45) is 6.22. The summed E-state index contributed by atoms with van der Waals surface area (Å²) in [5.74, 6) is 0.517. The molecule has 182 valence electrons. The molecule has 2 aromatic carbocycles. The number of carbonyl (C=O) groups excluding carboxylic acids is 1. The monoisotopic (exact) mass is 497 g/mol. The van der Waals surface area contributed by atoms with Crippen LogP contribution in [0, 0.1) is 0 Å². The standard InChI is InChI=1S/C28H27N5O2S/c1-35-24-13-6-5-11-22(24)30-25(34)15-18-33-27(26(31-28(33)36)23-12-7-8-16-29-23)20-14-17-32(19-20)21-9-3-2-4-10-21/h2-14,16-17,19,26-27H,15,18H2,1H3,(H,30,34)(H,31,36)/t26-,27-/m0/s1.